The maximum absolute atomic E-state index is 9.56. The van der Waals surface area contributed by atoms with Gasteiger partial charge in [0.2, 0.25) is 0 Å². The number of nitriles is 1. The summed E-state index contributed by atoms with van der Waals surface area (Å²) in [5.41, 5.74) is 2.37. The molecule has 1 aliphatic rings. The van der Waals surface area contributed by atoms with E-state index in [9.17, 15) is 5.26 Å². The van der Waals surface area contributed by atoms with Crippen molar-refractivity contribution in [3.8, 4) is 6.07 Å². The maximum atomic E-state index is 9.56. The standard InChI is InChI=1S/C18H16ClN5/c19-14-3-4-16-15(8-14)17(13(9-20)10-23-16)24-7-1-2-12(11-24)18-21-5-6-22-18/h3-6,8,10,12H,1-2,7,11H2,(H,21,22). The second-order valence-electron chi connectivity index (χ2n) is 6.05. The van der Waals surface area contributed by atoms with E-state index in [2.05, 4.69) is 25.9 Å². The van der Waals surface area contributed by atoms with Crippen molar-refractivity contribution in [2.45, 2.75) is 18.8 Å². The van der Waals surface area contributed by atoms with Gasteiger partial charge < -0.3 is 9.88 Å². The van der Waals surface area contributed by atoms with Crippen LogP contribution in [0.15, 0.2) is 36.8 Å². The molecule has 24 heavy (non-hydrogen) atoms. The summed E-state index contributed by atoms with van der Waals surface area (Å²) < 4.78 is 0. The summed E-state index contributed by atoms with van der Waals surface area (Å²) >= 11 is 6.19. The zero-order valence-corrected chi connectivity index (χ0v) is 13.8. The zero-order chi connectivity index (χ0) is 16.5. The number of pyridine rings is 1. The van der Waals surface area contributed by atoms with Crippen LogP contribution >= 0.6 is 11.6 Å². The van der Waals surface area contributed by atoms with Crippen molar-refractivity contribution in [3.05, 3.63) is 53.2 Å². The van der Waals surface area contributed by atoms with Gasteiger partial charge in [-0.2, -0.15) is 5.26 Å². The first kappa shape index (κ1) is 15.0. The number of nitrogens with one attached hydrogen (secondary N) is 1. The zero-order valence-electron chi connectivity index (χ0n) is 13.0. The summed E-state index contributed by atoms with van der Waals surface area (Å²) in [7, 11) is 0. The molecule has 1 aromatic carbocycles. The second kappa shape index (κ2) is 6.14. The van der Waals surface area contributed by atoms with Gasteiger partial charge in [0, 0.05) is 48.0 Å². The van der Waals surface area contributed by atoms with Gasteiger partial charge >= 0.3 is 0 Å². The number of hydrogen-bond acceptors (Lipinski definition) is 4. The van der Waals surface area contributed by atoms with E-state index >= 15 is 0 Å². The summed E-state index contributed by atoms with van der Waals surface area (Å²) in [5, 5.41) is 11.1. The number of H-pyrrole nitrogens is 1. The summed E-state index contributed by atoms with van der Waals surface area (Å²) in [6.45, 7) is 1.74. The number of piperidine rings is 1. The third-order valence-corrected chi connectivity index (χ3v) is 4.80. The Bertz CT molecular complexity index is 913. The molecule has 0 radical (unpaired) electrons. The number of benzene rings is 1. The van der Waals surface area contributed by atoms with Crippen molar-refractivity contribution in [2.75, 3.05) is 18.0 Å². The lowest BCUT2D eigenvalue weighted by Gasteiger charge is -2.34. The van der Waals surface area contributed by atoms with E-state index in [1.54, 1.807) is 12.4 Å². The van der Waals surface area contributed by atoms with Gasteiger partial charge in [-0.3, -0.25) is 4.98 Å². The molecule has 0 bridgehead atoms. The number of rotatable bonds is 2. The van der Waals surface area contributed by atoms with E-state index < -0.39 is 0 Å². The normalized spacial score (nSPS) is 17.8. The van der Waals surface area contributed by atoms with Crippen LogP contribution in [0.1, 0.15) is 30.1 Å². The fraction of sp³-hybridized carbons (Fsp3) is 0.278. The molecule has 6 heteroatoms. The number of anilines is 1. The highest BCUT2D eigenvalue weighted by molar-refractivity contribution is 6.31. The van der Waals surface area contributed by atoms with Crippen LogP contribution in [0.5, 0.6) is 0 Å². The van der Waals surface area contributed by atoms with Gasteiger partial charge in [-0.15, -0.1) is 0 Å². The molecule has 0 saturated carbocycles. The number of hydrogen-bond donors (Lipinski definition) is 1. The van der Waals surface area contributed by atoms with E-state index in [0.717, 1.165) is 48.3 Å². The van der Waals surface area contributed by atoms with Crippen LogP contribution in [0.25, 0.3) is 10.9 Å². The van der Waals surface area contributed by atoms with Crippen molar-refractivity contribution < 1.29 is 0 Å². The molecule has 3 aromatic rings. The van der Waals surface area contributed by atoms with Gasteiger partial charge in [0.15, 0.2) is 0 Å². The minimum absolute atomic E-state index is 0.336. The molecule has 120 valence electrons. The SMILES string of the molecule is N#Cc1cnc2ccc(Cl)cc2c1N1CCCC(c2ncc[nH]2)C1. The minimum Gasteiger partial charge on any atom is -0.369 e. The highest BCUT2D eigenvalue weighted by Crippen LogP contribution is 2.35. The van der Waals surface area contributed by atoms with Crippen LogP contribution in [-0.4, -0.2) is 28.0 Å². The van der Waals surface area contributed by atoms with Crippen LogP contribution in [0.4, 0.5) is 5.69 Å². The molecule has 0 spiro atoms. The van der Waals surface area contributed by atoms with E-state index in [1.165, 1.54) is 0 Å². The van der Waals surface area contributed by atoms with Gasteiger partial charge in [-0.05, 0) is 31.0 Å². The van der Waals surface area contributed by atoms with Crippen molar-refractivity contribution in [2.24, 2.45) is 0 Å². The highest BCUT2D eigenvalue weighted by Gasteiger charge is 2.26. The van der Waals surface area contributed by atoms with Crippen LogP contribution in [0, 0.1) is 11.3 Å². The minimum atomic E-state index is 0.336. The van der Waals surface area contributed by atoms with E-state index in [-0.39, 0.29) is 0 Å². The smallest absolute Gasteiger partial charge is 0.110 e. The Morgan fingerprint density at radius 1 is 1.33 bits per heavy atom. The Hall–Kier alpha value is -2.58. The first-order valence-corrected chi connectivity index (χ1v) is 8.36. The Morgan fingerprint density at radius 3 is 3.04 bits per heavy atom. The van der Waals surface area contributed by atoms with Gasteiger partial charge in [0.05, 0.1) is 16.8 Å². The van der Waals surface area contributed by atoms with Crippen LogP contribution in [0.3, 0.4) is 0 Å². The monoisotopic (exact) mass is 337 g/mol. The average Bonchev–Trinajstić information content (AvgIpc) is 3.15. The Morgan fingerprint density at radius 2 is 2.25 bits per heavy atom. The molecular weight excluding hydrogens is 322 g/mol. The molecule has 1 atom stereocenters. The summed E-state index contributed by atoms with van der Waals surface area (Å²) in [6, 6.07) is 7.91. The molecule has 1 aliphatic heterocycles. The maximum Gasteiger partial charge on any atom is 0.110 e. The lowest BCUT2D eigenvalue weighted by molar-refractivity contribution is 0.495. The molecule has 1 saturated heterocycles. The predicted octanol–water partition coefficient (Wildman–Crippen LogP) is 3.87. The van der Waals surface area contributed by atoms with E-state index in [4.69, 9.17) is 11.6 Å². The largest absolute Gasteiger partial charge is 0.369 e. The van der Waals surface area contributed by atoms with Crippen molar-refractivity contribution in [1.82, 2.24) is 15.0 Å². The number of nitrogens with zero attached hydrogens (tertiary/aromatic N) is 4. The number of aromatic amines is 1. The number of halogens is 1. The molecule has 5 nitrogen and oxygen atoms in total. The summed E-state index contributed by atoms with van der Waals surface area (Å²) in [5.74, 6) is 1.34. The first-order valence-electron chi connectivity index (χ1n) is 7.99. The molecular formula is C18H16ClN5. The third kappa shape index (κ3) is 2.59. The predicted molar refractivity (Wildman–Crippen MR) is 94.2 cm³/mol. The Kier molecular flexibility index (Phi) is 3.83. The quantitative estimate of drug-likeness (QED) is 0.770. The number of imidazole rings is 1. The fourth-order valence-corrected chi connectivity index (χ4v) is 3.65. The van der Waals surface area contributed by atoms with Crippen LogP contribution < -0.4 is 4.90 Å². The number of aromatic nitrogens is 3. The molecule has 3 heterocycles. The van der Waals surface area contributed by atoms with Crippen molar-refractivity contribution in [3.63, 3.8) is 0 Å². The van der Waals surface area contributed by atoms with Crippen molar-refractivity contribution in [1.29, 1.82) is 5.26 Å². The third-order valence-electron chi connectivity index (χ3n) is 4.57. The van der Waals surface area contributed by atoms with E-state index in [1.807, 2.05) is 24.4 Å². The summed E-state index contributed by atoms with van der Waals surface area (Å²) in [6.07, 6.45) is 7.45. The molecule has 1 N–H and O–H groups in total. The Labute approximate surface area is 144 Å². The summed E-state index contributed by atoms with van der Waals surface area (Å²) in [4.78, 5) is 14.3. The van der Waals surface area contributed by atoms with Crippen molar-refractivity contribution >= 4 is 28.2 Å². The number of fused-ring (bicyclic) bond motifs is 1. The average molecular weight is 338 g/mol. The molecule has 4 rings (SSSR count). The molecule has 0 amide bonds. The van der Waals surface area contributed by atoms with Gasteiger partial charge in [-0.25, -0.2) is 4.98 Å². The fourth-order valence-electron chi connectivity index (χ4n) is 3.48. The van der Waals surface area contributed by atoms with E-state index in [0.29, 0.717) is 16.5 Å². The first-order chi connectivity index (χ1) is 11.8. The molecule has 1 unspecified atom stereocenters. The van der Waals surface area contributed by atoms with Gasteiger partial charge in [-0.1, -0.05) is 11.6 Å². The molecule has 2 aromatic heterocycles. The lowest BCUT2D eigenvalue weighted by Crippen LogP contribution is -2.35. The van der Waals surface area contributed by atoms with Crippen LogP contribution in [0.2, 0.25) is 5.02 Å². The lowest BCUT2D eigenvalue weighted by atomic mass is 9.95. The Balaban J connectivity index is 1.80. The van der Waals surface area contributed by atoms with Gasteiger partial charge in [0.25, 0.3) is 0 Å². The highest BCUT2D eigenvalue weighted by atomic mass is 35.5. The molecule has 0 aliphatic carbocycles. The topological polar surface area (TPSA) is 68.6 Å². The van der Waals surface area contributed by atoms with Gasteiger partial charge in [0.1, 0.15) is 11.9 Å². The molecule has 1 fully saturated rings. The second-order valence-corrected chi connectivity index (χ2v) is 6.49. The van der Waals surface area contributed by atoms with Crippen LogP contribution in [-0.2, 0) is 0 Å².